The molecule has 3 heteroatoms. The lowest BCUT2D eigenvalue weighted by atomic mass is 10.2. The van der Waals surface area contributed by atoms with Crippen LogP contribution in [0.25, 0.3) is 10.9 Å². The van der Waals surface area contributed by atoms with Crippen LogP contribution in [0.1, 0.15) is 18.9 Å². The van der Waals surface area contributed by atoms with Crippen molar-refractivity contribution in [1.29, 1.82) is 0 Å². The van der Waals surface area contributed by atoms with E-state index >= 15 is 0 Å². The van der Waals surface area contributed by atoms with Crippen LogP contribution in [-0.4, -0.2) is 11.7 Å². The van der Waals surface area contributed by atoms with Gasteiger partial charge in [0.25, 0.3) is 0 Å². The van der Waals surface area contributed by atoms with Gasteiger partial charge in [0.2, 0.25) is 0 Å². The Bertz CT molecular complexity index is 485. The highest BCUT2D eigenvalue weighted by molar-refractivity contribution is 5.81. The first-order valence-electron chi connectivity index (χ1n) is 5.20. The third kappa shape index (κ3) is 1.49. The summed E-state index contributed by atoms with van der Waals surface area (Å²) in [5.41, 5.74) is 1.23. The van der Waals surface area contributed by atoms with Crippen molar-refractivity contribution < 1.29 is 9.78 Å². The van der Waals surface area contributed by atoms with Crippen LogP contribution in [0.3, 0.4) is 0 Å². The molecule has 0 saturated heterocycles. The molecule has 0 radical (unpaired) electrons. The lowest BCUT2D eigenvalue weighted by molar-refractivity contribution is -0.178. The van der Waals surface area contributed by atoms with Crippen molar-refractivity contribution in [3.05, 3.63) is 30.5 Å². The molecule has 3 nitrogen and oxygen atoms in total. The molecule has 2 aromatic rings. The quantitative estimate of drug-likeness (QED) is 0.565. The summed E-state index contributed by atoms with van der Waals surface area (Å²) >= 11 is 0. The molecular weight excluding hydrogens is 190 g/mol. The number of hydrogen-bond acceptors (Lipinski definition) is 2. The largest absolute Gasteiger partial charge is 0.344 e. The van der Waals surface area contributed by atoms with Gasteiger partial charge < -0.3 is 9.45 Å². The molecule has 0 amide bonds. The molecule has 0 N–H and O–H groups in total. The van der Waals surface area contributed by atoms with Gasteiger partial charge in [-0.15, -0.1) is 0 Å². The van der Waals surface area contributed by atoms with Crippen LogP contribution in [-0.2, 0) is 4.89 Å². The van der Waals surface area contributed by atoms with Crippen LogP contribution >= 0.6 is 0 Å². The lowest BCUT2D eigenvalue weighted by Gasteiger charge is -2.04. The summed E-state index contributed by atoms with van der Waals surface area (Å²) in [5, 5.41) is 1.25. The highest BCUT2D eigenvalue weighted by Gasteiger charge is 2.24. The summed E-state index contributed by atoms with van der Waals surface area (Å²) in [6.07, 6.45) is 4.73. The van der Waals surface area contributed by atoms with Crippen LogP contribution in [0.2, 0.25) is 0 Å². The number of aromatic nitrogens is 1. The zero-order chi connectivity index (χ0) is 10.3. The third-order valence-corrected chi connectivity index (χ3v) is 2.81. The van der Waals surface area contributed by atoms with Gasteiger partial charge in [0.1, 0.15) is 0 Å². The zero-order valence-corrected chi connectivity index (χ0v) is 8.64. The number of benzene rings is 1. The molecule has 3 rings (SSSR count). The molecule has 0 aliphatic heterocycles. The highest BCUT2D eigenvalue weighted by Crippen LogP contribution is 2.38. The normalized spacial score (nSPS) is 15.8. The van der Waals surface area contributed by atoms with Gasteiger partial charge in [-0.3, -0.25) is 0 Å². The molecule has 1 aliphatic carbocycles. The van der Waals surface area contributed by atoms with Crippen molar-refractivity contribution >= 4 is 10.9 Å². The molecule has 1 fully saturated rings. The van der Waals surface area contributed by atoms with Crippen molar-refractivity contribution in [3.8, 4) is 5.75 Å². The Kier molecular flexibility index (Phi) is 1.92. The molecule has 1 aromatic carbocycles. The van der Waals surface area contributed by atoms with Crippen molar-refractivity contribution in [2.45, 2.75) is 18.9 Å². The van der Waals surface area contributed by atoms with Crippen LogP contribution in [0, 0.1) is 0 Å². The van der Waals surface area contributed by atoms with E-state index in [0.717, 1.165) is 5.75 Å². The van der Waals surface area contributed by atoms with Gasteiger partial charge in [0, 0.05) is 18.3 Å². The van der Waals surface area contributed by atoms with E-state index in [-0.39, 0.29) is 0 Å². The van der Waals surface area contributed by atoms with Crippen LogP contribution < -0.4 is 4.89 Å². The Labute approximate surface area is 88.1 Å². The summed E-state index contributed by atoms with van der Waals surface area (Å²) in [7, 11) is 1.52. The number of rotatable bonds is 3. The number of nitrogens with zero attached hydrogens (tertiary/aromatic N) is 1. The minimum absolute atomic E-state index is 0.695. The predicted octanol–water partition coefficient (Wildman–Crippen LogP) is 2.92. The smallest absolute Gasteiger partial charge is 0.167 e. The third-order valence-electron chi connectivity index (χ3n) is 2.81. The Morgan fingerprint density at radius 2 is 2.13 bits per heavy atom. The first-order chi connectivity index (χ1) is 7.38. The fourth-order valence-electron chi connectivity index (χ4n) is 1.95. The summed E-state index contributed by atoms with van der Waals surface area (Å²) in [4.78, 5) is 9.69. The van der Waals surface area contributed by atoms with E-state index in [4.69, 9.17) is 4.89 Å². The van der Waals surface area contributed by atoms with E-state index in [1.165, 1.54) is 30.9 Å². The second-order valence-corrected chi connectivity index (χ2v) is 3.92. The maximum Gasteiger partial charge on any atom is 0.167 e. The van der Waals surface area contributed by atoms with Gasteiger partial charge in [-0.1, -0.05) is 0 Å². The molecule has 78 valence electrons. The Hall–Kier alpha value is -1.48. The Morgan fingerprint density at radius 3 is 2.87 bits per heavy atom. The second kappa shape index (κ2) is 3.28. The van der Waals surface area contributed by atoms with E-state index in [1.807, 2.05) is 12.1 Å². The molecule has 0 unspecified atom stereocenters. The van der Waals surface area contributed by atoms with Crippen molar-refractivity contribution in [2.75, 3.05) is 7.11 Å². The zero-order valence-electron chi connectivity index (χ0n) is 8.64. The minimum atomic E-state index is 0.695. The Balaban J connectivity index is 2.09. The molecule has 15 heavy (non-hydrogen) atoms. The van der Waals surface area contributed by atoms with Crippen LogP contribution in [0.15, 0.2) is 30.5 Å². The average Bonchev–Trinajstić information content (AvgIpc) is 3.00. The first kappa shape index (κ1) is 8.80. The van der Waals surface area contributed by atoms with Crippen molar-refractivity contribution in [2.24, 2.45) is 0 Å². The SMILES string of the molecule is COOc1ccc2ccn(C3CC3)c2c1. The maximum absolute atomic E-state index is 5.03. The predicted molar refractivity (Wildman–Crippen MR) is 57.8 cm³/mol. The summed E-state index contributed by atoms with van der Waals surface area (Å²) < 4.78 is 2.32. The molecule has 0 spiro atoms. The highest BCUT2D eigenvalue weighted by atomic mass is 17.2. The molecule has 1 heterocycles. The van der Waals surface area contributed by atoms with Gasteiger partial charge in [0.15, 0.2) is 5.75 Å². The van der Waals surface area contributed by atoms with E-state index in [2.05, 4.69) is 27.8 Å². The second-order valence-electron chi connectivity index (χ2n) is 3.92. The van der Waals surface area contributed by atoms with Gasteiger partial charge in [0.05, 0.1) is 12.6 Å². The summed E-state index contributed by atoms with van der Waals surface area (Å²) in [6, 6.07) is 8.84. The standard InChI is InChI=1S/C12H13NO2/c1-14-15-11-5-2-9-6-7-13(10-3-4-10)12(9)8-11/h2,5-8,10H,3-4H2,1H3. The van der Waals surface area contributed by atoms with Crippen LogP contribution in [0.4, 0.5) is 0 Å². The van der Waals surface area contributed by atoms with Gasteiger partial charge >= 0.3 is 0 Å². The van der Waals surface area contributed by atoms with Gasteiger partial charge in [-0.2, -0.15) is 4.89 Å². The monoisotopic (exact) mass is 203 g/mol. The van der Waals surface area contributed by atoms with Crippen LogP contribution in [0.5, 0.6) is 5.75 Å². The molecule has 0 bridgehead atoms. The molecule has 1 aliphatic rings. The fourth-order valence-corrected chi connectivity index (χ4v) is 1.95. The molecule has 1 aromatic heterocycles. The fraction of sp³-hybridized carbons (Fsp3) is 0.333. The van der Waals surface area contributed by atoms with E-state index in [1.54, 1.807) is 0 Å². The van der Waals surface area contributed by atoms with E-state index < -0.39 is 0 Å². The lowest BCUT2D eigenvalue weighted by Crippen LogP contribution is -1.93. The van der Waals surface area contributed by atoms with Gasteiger partial charge in [-0.25, -0.2) is 0 Å². The number of hydrogen-bond donors (Lipinski definition) is 0. The van der Waals surface area contributed by atoms with E-state index in [9.17, 15) is 0 Å². The molecule has 0 atom stereocenters. The van der Waals surface area contributed by atoms with Crippen molar-refractivity contribution in [3.63, 3.8) is 0 Å². The first-order valence-corrected chi connectivity index (χ1v) is 5.20. The molecule has 1 saturated carbocycles. The minimum Gasteiger partial charge on any atom is -0.344 e. The topological polar surface area (TPSA) is 23.4 Å². The number of fused-ring (bicyclic) bond motifs is 1. The van der Waals surface area contributed by atoms with Gasteiger partial charge in [-0.05, 0) is 36.4 Å². The van der Waals surface area contributed by atoms with E-state index in [0.29, 0.717) is 6.04 Å². The van der Waals surface area contributed by atoms with Crippen molar-refractivity contribution in [1.82, 2.24) is 4.57 Å². The maximum atomic E-state index is 5.03. The summed E-state index contributed by atoms with van der Waals surface area (Å²) in [5.74, 6) is 0.755. The average molecular weight is 203 g/mol. The summed E-state index contributed by atoms with van der Waals surface area (Å²) in [6.45, 7) is 0. The molecular formula is C12H13NO2. The Morgan fingerprint density at radius 1 is 1.27 bits per heavy atom.